The predicted octanol–water partition coefficient (Wildman–Crippen LogP) is 4.49. The van der Waals surface area contributed by atoms with Gasteiger partial charge in [-0.2, -0.15) is 0 Å². The van der Waals surface area contributed by atoms with Gasteiger partial charge >= 0.3 is 11.9 Å². The summed E-state index contributed by atoms with van der Waals surface area (Å²) in [5.41, 5.74) is -0.132. The number of fused-ring (bicyclic) bond motifs is 2. The highest BCUT2D eigenvalue weighted by Gasteiger charge is 2.12. The SMILES string of the molecule is O=C(O)c1ccc2ccccc2c1O.O=C(O)c1ccc2ccccc2c1O. The summed E-state index contributed by atoms with van der Waals surface area (Å²) in [5.74, 6) is -2.58. The van der Waals surface area contributed by atoms with E-state index in [-0.39, 0.29) is 22.6 Å². The van der Waals surface area contributed by atoms with Crippen molar-refractivity contribution in [2.24, 2.45) is 0 Å². The fourth-order valence-corrected chi connectivity index (χ4v) is 2.86. The Hall–Kier alpha value is -4.06. The molecule has 0 amide bonds. The summed E-state index contributed by atoms with van der Waals surface area (Å²) in [6, 6.07) is 20.4. The molecule has 0 aromatic heterocycles. The summed E-state index contributed by atoms with van der Waals surface area (Å²) in [4.78, 5) is 21.4. The molecule has 0 aliphatic carbocycles. The number of phenols is 2. The van der Waals surface area contributed by atoms with E-state index in [2.05, 4.69) is 0 Å². The van der Waals surface area contributed by atoms with E-state index in [0.717, 1.165) is 10.8 Å². The maximum atomic E-state index is 10.7. The number of aromatic hydroxyl groups is 2. The predicted molar refractivity (Wildman–Crippen MR) is 105 cm³/mol. The van der Waals surface area contributed by atoms with Gasteiger partial charge in [0.1, 0.15) is 22.6 Å². The minimum atomic E-state index is -1.12. The van der Waals surface area contributed by atoms with Crippen molar-refractivity contribution >= 4 is 33.5 Å². The molecule has 0 aliphatic heterocycles. The standard InChI is InChI=1S/2C11H8O3/c2*12-10-8-4-2-1-3-7(8)5-6-9(10)11(13)14/h2*1-6,12H,(H,13,14). The molecule has 4 aromatic carbocycles. The summed E-state index contributed by atoms with van der Waals surface area (Å²) >= 11 is 0. The number of aromatic carboxylic acids is 2. The van der Waals surface area contributed by atoms with E-state index in [1.165, 1.54) is 12.1 Å². The molecule has 0 saturated carbocycles. The van der Waals surface area contributed by atoms with Crippen molar-refractivity contribution in [3.63, 3.8) is 0 Å². The van der Waals surface area contributed by atoms with E-state index in [1.54, 1.807) is 36.4 Å². The highest BCUT2D eigenvalue weighted by Crippen LogP contribution is 2.29. The molecule has 4 aromatic rings. The van der Waals surface area contributed by atoms with Crippen molar-refractivity contribution in [1.29, 1.82) is 0 Å². The topological polar surface area (TPSA) is 115 Å². The third-order valence-corrected chi connectivity index (χ3v) is 4.26. The van der Waals surface area contributed by atoms with Crippen LogP contribution in [0, 0.1) is 0 Å². The first-order valence-corrected chi connectivity index (χ1v) is 8.28. The van der Waals surface area contributed by atoms with Crippen LogP contribution in [0.25, 0.3) is 21.5 Å². The molecule has 0 spiro atoms. The van der Waals surface area contributed by atoms with Crippen molar-refractivity contribution < 1.29 is 30.0 Å². The fourth-order valence-electron chi connectivity index (χ4n) is 2.86. The molecule has 6 heteroatoms. The lowest BCUT2D eigenvalue weighted by molar-refractivity contribution is 0.0682. The molecule has 0 bridgehead atoms. The quantitative estimate of drug-likeness (QED) is 0.410. The maximum Gasteiger partial charge on any atom is 0.339 e. The highest BCUT2D eigenvalue weighted by atomic mass is 16.4. The molecule has 140 valence electrons. The van der Waals surface area contributed by atoms with E-state index < -0.39 is 11.9 Å². The lowest BCUT2D eigenvalue weighted by Crippen LogP contribution is -1.96. The van der Waals surface area contributed by atoms with Gasteiger partial charge in [0.05, 0.1) is 0 Å². The Kier molecular flexibility index (Phi) is 5.13. The Labute approximate surface area is 159 Å². The van der Waals surface area contributed by atoms with Crippen LogP contribution in [0.3, 0.4) is 0 Å². The zero-order chi connectivity index (χ0) is 20.3. The van der Waals surface area contributed by atoms with Crippen molar-refractivity contribution in [1.82, 2.24) is 0 Å². The lowest BCUT2D eigenvalue weighted by atomic mass is 10.1. The second kappa shape index (κ2) is 7.67. The molecule has 4 N–H and O–H groups in total. The van der Waals surface area contributed by atoms with Crippen molar-refractivity contribution in [3.8, 4) is 11.5 Å². The fraction of sp³-hybridized carbons (Fsp3) is 0. The Balaban J connectivity index is 0.000000161. The highest BCUT2D eigenvalue weighted by molar-refractivity contribution is 6.01. The average molecular weight is 376 g/mol. The van der Waals surface area contributed by atoms with Crippen LogP contribution < -0.4 is 0 Å². The first-order valence-electron chi connectivity index (χ1n) is 8.28. The third-order valence-electron chi connectivity index (χ3n) is 4.26. The van der Waals surface area contributed by atoms with E-state index in [9.17, 15) is 19.8 Å². The second-order valence-electron chi connectivity index (χ2n) is 5.98. The molecule has 0 radical (unpaired) electrons. The van der Waals surface area contributed by atoms with Crippen LogP contribution >= 0.6 is 0 Å². The van der Waals surface area contributed by atoms with Gasteiger partial charge in [0, 0.05) is 10.8 Å². The Morgan fingerprint density at radius 2 is 0.893 bits per heavy atom. The van der Waals surface area contributed by atoms with Crippen molar-refractivity contribution in [2.45, 2.75) is 0 Å². The van der Waals surface area contributed by atoms with Gasteiger partial charge in [-0.05, 0) is 22.9 Å². The Bertz CT molecular complexity index is 1100. The monoisotopic (exact) mass is 376 g/mol. The van der Waals surface area contributed by atoms with Gasteiger partial charge in [0.2, 0.25) is 0 Å². The lowest BCUT2D eigenvalue weighted by Gasteiger charge is -2.03. The van der Waals surface area contributed by atoms with Crippen LogP contribution in [0.2, 0.25) is 0 Å². The molecule has 28 heavy (non-hydrogen) atoms. The molecular formula is C22H16O6. The molecule has 6 nitrogen and oxygen atoms in total. The second-order valence-corrected chi connectivity index (χ2v) is 5.98. The van der Waals surface area contributed by atoms with Crippen LogP contribution in [-0.2, 0) is 0 Å². The van der Waals surface area contributed by atoms with E-state index in [0.29, 0.717) is 10.8 Å². The van der Waals surface area contributed by atoms with Crippen LogP contribution in [0.15, 0.2) is 72.8 Å². The van der Waals surface area contributed by atoms with E-state index in [4.69, 9.17) is 10.2 Å². The summed E-state index contributed by atoms with van der Waals surface area (Å²) < 4.78 is 0. The van der Waals surface area contributed by atoms with Gasteiger partial charge in [0.25, 0.3) is 0 Å². The van der Waals surface area contributed by atoms with Gasteiger partial charge in [0.15, 0.2) is 0 Å². The molecular weight excluding hydrogens is 360 g/mol. The first-order chi connectivity index (χ1) is 13.4. The minimum absolute atomic E-state index is 0.0660. The normalized spacial score (nSPS) is 10.3. The molecule has 0 unspecified atom stereocenters. The van der Waals surface area contributed by atoms with Crippen LogP contribution in [0.1, 0.15) is 20.7 Å². The molecule has 0 heterocycles. The van der Waals surface area contributed by atoms with Gasteiger partial charge in [-0.1, -0.05) is 60.7 Å². The molecule has 0 fully saturated rings. The summed E-state index contributed by atoms with van der Waals surface area (Å²) in [7, 11) is 0. The van der Waals surface area contributed by atoms with Crippen LogP contribution in [0.5, 0.6) is 11.5 Å². The van der Waals surface area contributed by atoms with E-state index >= 15 is 0 Å². The molecule has 0 aliphatic rings. The van der Waals surface area contributed by atoms with Crippen LogP contribution in [-0.4, -0.2) is 32.4 Å². The number of hydrogen-bond donors (Lipinski definition) is 4. The first kappa shape index (κ1) is 18.7. The summed E-state index contributed by atoms with van der Waals surface area (Å²) in [5, 5.41) is 39.6. The van der Waals surface area contributed by atoms with Gasteiger partial charge in [-0.25, -0.2) is 9.59 Å². The maximum absolute atomic E-state index is 10.7. The number of benzene rings is 4. The zero-order valence-corrected chi connectivity index (χ0v) is 14.5. The Morgan fingerprint density at radius 3 is 1.25 bits per heavy atom. The largest absolute Gasteiger partial charge is 0.506 e. The molecule has 0 atom stereocenters. The van der Waals surface area contributed by atoms with Crippen LogP contribution in [0.4, 0.5) is 0 Å². The average Bonchev–Trinajstić information content (AvgIpc) is 2.69. The summed E-state index contributed by atoms with van der Waals surface area (Å²) in [6.07, 6.45) is 0. The molecule has 4 rings (SSSR count). The van der Waals surface area contributed by atoms with Gasteiger partial charge in [-0.15, -0.1) is 0 Å². The number of rotatable bonds is 2. The molecule has 0 saturated heterocycles. The van der Waals surface area contributed by atoms with Gasteiger partial charge in [-0.3, -0.25) is 0 Å². The number of carboxylic acid groups (broad SMARTS) is 2. The summed E-state index contributed by atoms with van der Waals surface area (Å²) in [6.45, 7) is 0. The minimum Gasteiger partial charge on any atom is -0.506 e. The number of carboxylic acids is 2. The number of carbonyl (C=O) groups is 2. The van der Waals surface area contributed by atoms with Crippen molar-refractivity contribution in [2.75, 3.05) is 0 Å². The van der Waals surface area contributed by atoms with E-state index in [1.807, 2.05) is 24.3 Å². The Morgan fingerprint density at radius 1 is 0.536 bits per heavy atom. The zero-order valence-electron chi connectivity index (χ0n) is 14.5. The number of hydrogen-bond acceptors (Lipinski definition) is 4. The van der Waals surface area contributed by atoms with Crippen molar-refractivity contribution in [3.05, 3.63) is 83.9 Å². The van der Waals surface area contributed by atoms with Gasteiger partial charge < -0.3 is 20.4 Å². The third kappa shape index (κ3) is 3.57. The smallest absolute Gasteiger partial charge is 0.339 e.